The molecule has 0 N–H and O–H groups in total. The van der Waals surface area contributed by atoms with Crippen LogP contribution < -0.4 is 0 Å². The largest absolute Gasteiger partial charge is 0.297 e. The van der Waals surface area contributed by atoms with Crippen molar-refractivity contribution in [1.82, 2.24) is 4.90 Å². The van der Waals surface area contributed by atoms with E-state index in [4.69, 9.17) is 0 Å². The van der Waals surface area contributed by atoms with Gasteiger partial charge in [-0.05, 0) is 52.6 Å². The molecule has 2 rings (SSSR count). The quantitative estimate of drug-likeness (QED) is 0.712. The molecule has 2 nitrogen and oxygen atoms in total. The van der Waals surface area contributed by atoms with Gasteiger partial charge in [-0.15, -0.1) is 0 Å². The highest BCUT2D eigenvalue weighted by Gasteiger charge is 2.40. The Hall–Kier alpha value is -0.370. The summed E-state index contributed by atoms with van der Waals surface area (Å²) in [5.74, 6) is 0.863. The summed E-state index contributed by atoms with van der Waals surface area (Å²) < 4.78 is 0. The average molecular weight is 209 g/mol. The Morgan fingerprint density at radius 1 is 1.07 bits per heavy atom. The Kier molecular flexibility index (Phi) is 3.15. The molecule has 2 heteroatoms. The topological polar surface area (TPSA) is 20.3 Å². The Balaban J connectivity index is 2.02. The van der Waals surface area contributed by atoms with Gasteiger partial charge in [-0.25, -0.2) is 0 Å². The predicted octanol–water partition coefficient (Wildman–Crippen LogP) is 2.62. The lowest BCUT2D eigenvalue weighted by molar-refractivity contribution is -0.132. The Labute approximate surface area is 93.0 Å². The van der Waals surface area contributed by atoms with Crippen LogP contribution in [-0.4, -0.2) is 29.3 Å². The monoisotopic (exact) mass is 209 g/mol. The van der Waals surface area contributed by atoms with Crippen LogP contribution in [0.4, 0.5) is 0 Å². The Bertz CT molecular complexity index is 235. The molecule has 0 amide bonds. The van der Waals surface area contributed by atoms with Crippen molar-refractivity contribution in [2.24, 2.45) is 5.92 Å². The SMILES string of the molecule is CC(C)(C(=O)C1CCCC1)N1CCCC1. The summed E-state index contributed by atoms with van der Waals surface area (Å²) >= 11 is 0. The van der Waals surface area contributed by atoms with Gasteiger partial charge in [0, 0.05) is 5.92 Å². The van der Waals surface area contributed by atoms with Crippen molar-refractivity contribution in [3.05, 3.63) is 0 Å². The van der Waals surface area contributed by atoms with Crippen LogP contribution in [0.25, 0.3) is 0 Å². The number of hydrogen-bond acceptors (Lipinski definition) is 2. The van der Waals surface area contributed by atoms with E-state index in [0.717, 1.165) is 25.9 Å². The number of nitrogens with zero attached hydrogens (tertiary/aromatic N) is 1. The fraction of sp³-hybridized carbons (Fsp3) is 0.923. The van der Waals surface area contributed by atoms with Crippen LogP contribution in [0, 0.1) is 5.92 Å². The molecule has 0 aromatic rings. The molecule has 0 bridgehead atoms. The van der Waals surface area contributed by atoms with Crippen molar-refractivity contribution in [3.8, 4) is 0 Å². The molecule has 0 radical (unpaired) electrons. The van der Waals surface area contributed by atoms with E-state index in [1.807, 2.05) is 0 Å². The number of ketones is 1. The third-order valence-corrected chi connectivity index (χ3v) is 4.23. The van der Waals surface area contributed by atoms with Crippen molar-refractivity contribution in [2.45, 2.75) is 57.9 Å². The van der Waals surface area contributed by atoms with Crippen LogP contribution in [0.3, 0.4) is 0 Å². The van der Waals surface area contributed by atoms with Gasteiger partial charge in [0.05, 0.1) is 5.54 Å². The average Bonchev–Trinajstić information content (AvgIpc) is 2.89. The van der Waals surface area contributed by atoms with Gasteiger partial charge >= 0.3 is 0 Å². The highest BCUT2D eigenvalue weighted by molar-refractivity contribution is 5.89. The number of likely N-dealkylation sites (tertiary alicyclic amines) is 1. The van der Waals surface area contributed by atoms with E-state index in [9.17, 15) is 4.79 Å². The first-order chi connectivity index (χ1) is 7.12. The van der Waals surface area contributed by atoms with Gasteiger partial charge in [0.15, 0.2) is 5.78 Å². The number of Topliss-reactive ketones (excluding diaryl/α,β-unsaturated/α-hetero) is 1. The van der Waals surface area contributed by atoms with Gasteiger partial charge in [0.1, 0.15) is 0 Å². The van der Waals surface area contributed by atoms with Crippen molar-refractivity contribution in [2.75, 3.05) is 13.1 Å². The van der Waals surface area contributed by atoms with E-state index in [2.05, 4.69) is 18.7 Å². The molecular weight excluding hydrogens is 186 g/mol. The second-order valence-electron chi connectivity index (χ2n) is 5.60. The second-order valence-corrected chi connectivity index (χ2v) is 5.60. The summed E-state index contributed by atoms with van der Waals surface area (Å²) in [5.41, 5.74) is -0.203. The minimum absolute atomic E-state index is 0.203. The van der Waals surface area contributed by atoms with E-state index in [0.29, 0.717) is 11.7 Å². The van der Waals surface area contributed by atoms with Crippen LogP contribution in [0.1, 0.15) is 52.4 Å². The van der Waals surface area contributed by atoms with Crippen molar-refractivity contribution in [3.63, 3.8) is 0 Å². The molecule has 1 aliphatic heterocycles. The minimum Gasteiger partial charge on any atom is -0.297 e. The summed E-state index contributed by atoms with van der Waals surface area (Å²) in [7, 11) is 0. The van der Waals surface area contributed by atoms with Gasteiger partial charge in [0.25, 0.3) is 0 Å². The zero-order chi connectivity index (χ0) is 10.9. The van der Waals surface area contributed by atoms with Crippen molar-refractivity contribution < 1.29 is 4.79 Å². The lowest BCUT2D eigenvalue weighted by Gasteiger charge is -2.35. The molecule has 0 atom stereocenters. The van der Waals surface area contributed by atoms with Crippen molar-refractivity contribution >= 4 is 5.78 Å². The molecule has 2 fully saturated rings. The Morgan fingerprint density at radius 3 is 2.13 bits per heavy atom. The summed E-state index contributed by atoms with van der Waals surface area (Å²) in [4.78, 5) is 14.8. The highest BCUT2D eigenvalue weighted by atomic mass is 16.1. The molecule has 1 saturated carbocycles. The fourth-order valence-corrected chi connectivity index (χ4v) is 3.12. The number of carbonyl (C=O) groups is 1. The summed E-state index contributed by atoms with van der Waals surface area (Å²) in [6.07, 6.45) is 7.31. The van der Waals surface area contributed by atoms with Gasteiger partial charge in [0.2, 0.25) is 0 Å². The zero-order valence-electron chi connectivity index (χ0n) is 10.1. The maximum Gasteiger partial charge on any atom is 0.155 e. The first kappa shape index (κ1) is 11.1. The van der Waals surface area contributed by atoms with Crippen LogP contribution in [0.2, 0.25) is 0 Å². The third kappa shape index (κ3) is 2.10. The molecular formula is C13H23NO. The minimum atomic E-state index is -0.203. The smallest absolute Gasteiger partial charge is 0.155 e. The molecule has 0 unspecified atom stereocenters. The van der Waals surface area contributed by atoms with Gasteiger partial charge < -0.3 is 0 Å². The van der Waals surface area contributed by atoms with Crippen LogP contribution in [0.15, 0.2) is 0 Å². The molecule has 1 saturated heterocycles. The molecule has 86 valence electrons. The normalized spacial score (nSPS) is 24.9. The fourth-order valence-electron chi connectivity index (χ4n) is 3.12. The maximum atomic E-state index is 12.4. The van der Waals surface area contributed by atoms with E-state index in [1.165, 1.54) is 25.7 Å². The van der Waals surface area contributed by atoms with E-state index in [1.54, 1.807) is 0 Å². The summed E-state index contributed by atoms with van der Waals surface area (Å²) in [6.45, 7) is 6.48. The third-order valence-electron chi connectivity index (χ3n) is 4.23. The maximum absolute atomic E-state index is 12.4. The van der Waals surface area contributed by atoms with Crippen molar-refractivity contribution in [1.29, 1.82) is 0 Å². The van der Waals surface area contributed by atoms with Crippen LogP contribution in [0.5, 0.6) is 0 Å². The van der Waals surface area contributed by atoms with Crippen LogP contribution >= 0.6 is 0 Å². The first-order valence-electron chi connectivity index (χ1n) is 6.42. The van der Waals surface area contributed by atoms with Gasteiger partial charge in [-0.3, -0.25) is 9.69 Å². The van der Waals surface area contributed by atoms with Gasteiger partial charge in [-0.2, -0.15) is 0 Å². The molecule has 15 heavy (non-hydrogen) atoms. The zero-order valence-corrected chi connectivity index (χ0v) is 10.1. The standard InChI is InChI=1S/C13H23NO/c1-13(2,14-9-5-6-10-14)12(15)11-7-3-4-8-11/h11H,3-10H2,1-2H3. The number of rotatable bonds is 3. The van der Waals surface area contributed by atoms with E-state index in [-0.39, 0.29) is 5.54 Å². The lowest BCUT2D eigenvalue weighted by atomic mass is 9.86. The molecule has 0 aromatic heterocycles. The number of hydrogen-bond donors (Lipinski definition) is 0. The Morgan fingerprint density at radius 2 is 1.60 bits per heavy atom. The molecule has 2 aliphatic rings. The summed E-state index contributed by atoms with van der Waals surface area (Å²) in [5, 5.41) is 0. The molecule has 0 aromatic carbocycles. The van der Waals surface area contributed by atoms with Crippen LogP contribution in [-0.2, 0) is 4.79 Å². The summed E-state index contributed by atoms with van der Waals surface area (Å²) in [6, 6.07) is 0. The van der Waals surface area contributed by atoms with Gasteiger partial charge in [-0.1, -0.05) is 12.8 Å². The molecule has 1 heterocycles. The molecule has 1 aliphatic carbocycles. The number of carbonyl (C=O) groups excluding carboxylic acids is 1. The lowest BCUT2D eigenvalue weighted by Crippen LogP contribution is -2.50. The first-order valence-corrected chi connectivity index (χ1v) is 6.42. The second kappa shape index (κ2) is 4.25. The van der Waals surface area contributed by atoms with E-state index < -0.39 is 0 Å². The van der Waals surface area contributed by atoms with E-state index >= 15 is 0 Å². The predicted molar refractivity (Wildman–Crippen MR) is 61.9 cm³/mol. The highest BCUT2D eigenvalue weighted by Crippen LogP contribution is 2.32. The molecule has 0 spiro atoms.